The van der Waals surface area contributed by atoms with Crippen molar-refractivity contribution in [3.05, 3.63) is 17.5 Å². The largest absolute Gasteiger partial charge is 0.388 e. The predicted molar refractivity (Wildman–Crippen MR) is 84.2 cm³/mol. The highest BCUT2D eigenvalue weighted by molar-refractivity contribution is 5.79. The molecule has 21 heavy (non-hydrogen) atoms. The third-order valence-corrected chi connectivity index (χ3v) is 3.81. The molecule has 5 nitrogen and oxygen atoms in total. The van der Waals surface area contributed by atoms with Crippen LogP contribution in [0.15, 0.2) is 6.07 Å². The van der Waals surface area contributed by atoms with Crippen LogP contribution in [0.1, 0.15) is 63.9 Å². The van der Waals surface area contributed by atoms with E-state index < -0.39 is 5.60 Å². The van der Waals surface area contributed by atoms with Gasteiger partial charge in [0, 0.05) is 12.2 Å². The van der Waals surface area contributed by atoms with Gasteiger partial charge in [-0.05, 0) is 39.7 Å². The molecule has 0 bridgehead atoms. The summed E-state index contributed by atoms with van der Waals surface area (Å²) in [5, 5.41) is 17.8. The first-order chi connectivity index (χ1) is 9.83. The average Bonchev–Trinajstić information content (AvgIpc) is 2.75. The van der Waals surface area contributed by atoms with Crippen molar-refractivity contribution in [2.24, 2.45) is 0 Å². The van der Waals surface area contributed by atoms with Gasteiger partial charge in [0.25, 0.3) is 0 Å². The zero-order chi connectivity index (χ0) is 16.0. The molecule has 0 spiro atoms. The second-order valence-electron chi connectivity index (χ2n) is 5.99. The topological polar surface area (TPSA) is 67.2 Å². The highest BCUT2D eigenvalue weighted by Gasteiger charge is 2.27. The Hall–Kier alpha value is -1.36. The number of aliphatic hydroxyl groups is 1. The molecule has 0 aliphatic rings. The third kappa shape index (κ3) is 4.84. The van der Waals surface area contributed by atoms with Gasteiger partial charge in [-0.2, -0.15) is 5.10 Å². The molecule has 0 radical (unpaired) electrons. The molecule has 1 atom stereocenters. The lowest BCUT2D eigenvalue weighted by atomic mass is 9.92. The second kappa shape index (κ2) is 7.59. The molecule has 0 saturated carbocycles. The molecule has 0 fully saturated rings. The van der Waals surface area contributed by atoms with Crippen LogP contribution in [-0.2, 0) is 4.79 Å². The fourth-order valence-electron chi connectivity index (χ4n) is 2.78. The van der Waals surface area contributed by atoms with Gasteiger partial charge in [0.1, 0.15) is 6.04 Å². The molecule has 0 aliphatic carbocycles. The molecule has 1 rings (SSSR count). The van der Waals surface area contributed by atoms with Crippen LogP contribution in [0.5, 0.6) is 0 Å². The van der Waals surface area contributed by atoms with E-state index in [9.17, 15) is 9.90 Å². The number of aryl methyl sites for hydroxylation is 2. The highest BCUT2D eigenvalue weighted by Crippen LogP contribution is 2.19. The molecule has 0 saturated heterocycles. The molecule has 1 aromatic heterocycles. The Morgan fingerprint density at radius 2 is 1.95 bits per heavy atom. The molecule has 1 unspecified atom stereocenters. The number of carbonyl (C=O) groups is 1. The molecule has 0 aliphatic heterocycles. The molecule has 2 N–H and O–H groups in total. The number of aromatic nitrogens is 2. The minimum Gasteiger partial charge on any atom is -0.388 e. The average molecular weight is 295 g/mol. The highest BCUT2D eigenvalue weighted by atomic mass is 16.3. The SMILES string of the molecule is CCCC(O)(CCC)CNC(=O)C(C)n1nc(C)cc1C. The quantitative estimate of drug-likeness (QED) is 0.774. The van der Waals surface area contributed by atoms with Crippen LogP contribution in [0.25, 0.3) is 0 Å². The van der Waals surface area contributed by atoms with Gasteiger partial charge in [0.05, 0.1) is 11.3 Å². The summed E-state index contributed by atoms with van der Waals surface area (Å²) in [4.78, 5) is 12.3. The van der Waals surface area contributed by atoms with Crippen LogP contribution in [0.4, 0.5) is 0 Å². The number of nitrogens with zero attached hydrogens (tertiary/aromatic N) is 2. The fourth-order valence-corrected chi connectivity index (χ4v) is 2.78. The summed E-state index contributed by atoms with van der Waals surface area (Å²) in [6, 6.07) is 1.58. The van der Waals surface area contributed by atoms with E-state index in [4.69, 9.17) is 0 Å². The van der Waals surface area contributed by atoms with Crippen molar-refractivity contribution in [1.82, 2.24) is 15.1 Å². The van der Waals surface area contributed by atoms with Gasteiger partial charge in [-0.15, -0.1) is 0 Å². The van der Waals surface area contributed by atoms with Crippen LogP contribution in [0, 0.1) is 13.8 Å². The molecule has 1 aromatic rings. The van der Waals surface area contributed by atoms with Crippen molar-refractivity contribution in [2.45, 2.75) is 71.9 Å². The van der Waals surface area contributed by atoms with E-state index >= 15 is 0 Å². The third-order valence-electron chi connectivity index (χ3n) is 3.81. The Kier molecular flexibility index (Phi) is 6.40. The smallest absolute Gasteiger partial charge is 0.244 e. The van der Waals surface area contributed by atoms with Gasteiger partial charge < -0.3 is 10.4 Å². The minimum atomic E-state index is -0.798. The van der Waals surface area contributed by atoms with Crippen LogP contribution < -0.4 is 5.32 Å². The summed E-state index contributed by atoms with van der Waals surface area (Å²) in [5.41, 5.74) is 1.07. The molecule has 120 valence electrons. The van der Waals surface area contributed by atoms with Gasteiger partial charge in [-0.3, -0.25) is 9.48 Å². The van der Waals surface area contributed by atoms with Crippen molar-refractivity contribution in [2.75, 3.05) is 6.54 Å². The summed E-state index contributed by atoms with van der Waals surface area (Å²) in [6.07, 6.45) is 3.21. The van der Waals surface area contributed by atoms with Gasteiger partial charge >= 0.3 is 0 Å². The summed E-state index contributed by atoms with van der Waals surface area (Å²) >= 11 is 0. The molecular formula is C16H29N3O2. The van der Waals surface area contributed by atoms with Crippen molar-refractivity contribution in [3.8, 4) is 0 Å². The number of hydrogen-bond acceptors (Lipinski definition) is 3. The Balaban J connectivity index is 2.65. The van der Waals surface area contributed by atoms with E-state index in [2.05, 4.69) is 10.4 Å². The Morgan fingerprint density at radius 3 is 2.38 bits per heavy atom. The first-order valence-corrected chi connectivity index (χ1v) is 7.85. The first kappa shape index (κ1) is 17.7. The van der Waals surface area contributed by atoms with Crippen molar-refractivity contribution in [3.63, 3.8) is 0 Å². The lowest BCUT2D eigenvalue weighted by Crippen LogP contribution is -2.44. The van der Waals surface area contributed by atoms with E-state index in [-0.39, 0.29) is 11.9 Å². The summed E-state index contributed by atoms with van der Waals surface area (Å²) in [6.45, 7) is 10.1. The van der Waals surface area contributed by atoms with E-state index in [1.165, 1.54) is 0 Å². The number of hydrogen-bond donors (Lipinski definition) is 2. The zero-order valence-corrected chi connectivity index (χ0v) is 13.9. The fraction of sp³-hybridized carbons (Fsp3) is 0.750. The zero-order valence-electron chi connectivity index (χ0n) is 13.9. The van der Waals surface area contributed by atoms with Crippen LogP contribution in [-0.4, -0.2) is 32.9 Å². The van der Waals surface area contributed by atoms with E-state index in [0.717, 1.165) is 24.2 Å². The second-order valence-corrected chi connectivity index (χ2v) is 5.99. The standard InChI is InChI=1S/C16H29N3O2/c1-6-8-16(21,9-7-2)11-17-15(20)14(5)19-13(4)10-12(3)18-19/h10,14,21H,6-9,11H2,1-5H3,(H,17,20). The predicted octanol–water partition coefficient (Wildman–Crippen LogP) is 2.51. The molecule has 1 heterocycles. The van der Waals surface area contributed by atoms with E-state index in [1.807, 2.05) is 40.7 Å². The van der Waals surface area contributed by atoms with Gasteiger partial charge in [0.15, 0.2) is 0 Å². The maximum Gasteiger partial charge on any atom is 0.244 e. The summed E-state index contributed by atoms with van der Waals surface area (Å²) in [5.74, 6) is -0.105. The summed E-state index contributed by atoms with van der Waals surface area (Å²) < 4.78 is 1.73. The van der Waals surface area contributed by atoms with Crippen molar-refractivity contribution < 1.29 is 9.90 Å². The van der Waals surface area contributed by atoms with E-state index in [0.29, 0.717) is 19.4 Å². The Bertz CT molecular complexity index is 462. The number of amides is 1. The number of rotatable bonds is 8. The van der Waals surface area contributed by atoms with Gasteiger partial charge in [0.2, 0.25) is 5.91 Å². The normalized spacial score (nSPS) is 13.2. The molecule has 1 amide bonds. The maximum atomic E-state index is 12.3. The number of nitrogens with one attached hydrogen (secondary N) is 1. The molecule has 0 aromatic carbocycles. The van der Waals surface area contributed by atoms with Crippen LogP contribution in [0.2, 0.25) is 0 Å². The van der Waals surface area contributed by atoms with Crippen LogP contribution >= 0.6 is 0 Å². The summed E-state index contributed by atoms with van der Waals surface area (Å²) in [7, 11) is 0. The lowest BCUT2D eigenvalue weighted by molar-refractivity contribution is -0.125. The Labute approximate surface area is 127 Å². The van der Waals surface area contributed by atoms with Gasteiger partial charge in [-0.1, -0.05) is 26.7 Å². The number of carbonyl (C=O) groups excluding carboxylic acids is 1. The van der Waals surface area contributed by atoms with Crippen molar-refractivity contribution >= 4 is 5.91 Å². The van der Waals surface area contributed by atoms with E-state index in [1.54, 1.807) is 4.68 Å². The molecular weight excluding hydrogens is 266 g/mol. The first-order valence-electron chi connectivity index (χ1n) is 7.85. The van der Waals surface area contributed by atoms with Crippen molar-refractivity contribution in [1.29, 1.82) is 0 Å². The monoisotopic (exact) mass is 295 g/mol. The van der Waals surface area contributed by atoms with Crippen LogP contribution in [0.3, 0.4) is 0 Å². The minimum absolute atomic E-state index is 0.105. The Morgan fingerprint density at radius 1 is 1.38 bits per heavy atom. The molecule has 5 heteroatoms. The lowest BCUT2D eigenvalue weighted by Gasteiger charge is -2.28. The maximum absolute atomic E-state index is 12.3. The van der Waals surface area contributed by atoms with Gasteiger partial charge in [-0.25, -0.2) is 0 Å².